The number of esters is 1. The molecule has 0 heterocycles. The fraction of sp³-hybridized carbons (Fsp3) is 0.909. The van der Waals surface area contributed by atoms with E-state index in [4.69, 9.17) is 0 Å². The van der Waals surface area contributed by atoms with Crippen LogP contribution >= 0.6 is 0 Å². The second-order valence-corrected chi connectivity index (χ2v) is 4.33. The Morgan fingerprint density at radius 1 is 1.43 bits per heavy atom. The van der Waals surface area contributed by atoms with Gasteiger partial charge in [0, 0.05) is 0 Å². The van der Waals surface area contributed by atoms with E-state index in [0.717, 1.165) is 32.1 Å². The third-order valence-corrected chi connectivity index (χ3v) is 3.11. The molecule has 3 heteroatoms. The average molecular weight is 200 g/mol. The Labute approximate surface area is 85.5 Å². The molecule has 1 atom stereocenters. The largest absolute Gasteiger partial charge is 0.469 e. The van der Waals surface area contributed by atoms with Gasteiger partial charge in [0.2, 0.25) is 0 Å². The first-order valence-electron chi connectivity index (χ1n) is 5.39. The van der Waals surface area contributed by atoms with Crippen LogP contribution in [0.3, 0.4) is 0 Å². The van der Waals surface area contributed by atoms with Gasteiger partial charge in [0.15, 0.2) is 0 Å². The molecule has 0 radical (unpaired) electrons. The van der Waals surface area contributed by atoms with Crippen molar-refractivity contribution in [1.82, 2.24) is 0 Å². The number of hydrogen-bond acceptors (Lipinski definition) is 3. The molecule has 0 spiro atoms. The highest BCUT2D eigenvalue weighted by atomic mass is 16.5. The Morgan fingerprint density at radius 2 is 2.00 bits per heavy atom. The summed E-state index contributed by atoms with van der Waals surface area (Å²) in [7, 11) is 1.43. The number of rotatable bonds is 3. The maximum absolute atomic E-state index is 11.2. The summed E-state index contributed by atoms with van der Waals surface area (Å²) in [5.74, 6) is 0.476. The van der Waals surface area contributed by atoms with Crippen molar-refractivity contribution in [3.63, 3.8) is 0 Å². The Bertz CT molecular complexity index is 183. The minimum Gasteiger partial charge on any atom is -0.469 e. The summed E-state index contributed by atoms with van der Waals surface area (Å²) >= 11 is 0. The van der Waals surface area contributed by atoms with Gasteiger partial charge in [0.1, 0.15) is 0 Å². The lowest BCUT2D eigenvalue weighted by molar-refractivity contribution is -0.145. The molecule has 0 amide bonds. The Kier molecular flexibility index (Phi) is 4.39. The molecule has 1 aliphatic carbocycles. The summed E-state index contributed by atoms with van der Waals surface area (Å²) in [4.78, 5) is 11.2. The zero-order valence-electron chi connectivity index (χ0n) is 9.03. The quantitative estimate of drug-likeness (QED) is 0.706. The zero-order chi connectivity index (χ0) is 10.6. The summed E-state index contributed by atoms with van der Waals surface area (Å²) < 4.78 is 4.69. The SMILES string of the molecule is COC(=O)C(C)CC1CCC(O)CC1. The molecule has 1 fully saturated rings. The maximum Gasteiger partial charge on any atom is 0.308 e. The molecule has 1 N–H and O–H groups in total. The predicted octanol–water partition coefficient (Wildman–Crippen LogP) is 1.74. The third-order valence-electron chi connectivity index (χ3n) is 3.11. The lowest BCUT2D eigenvalue weighted by Crippen LogP contribution is -2.22. The van der Waals surface area contributed by atoms with Gasteiger partial charge in [-0.1, -0.05) is 6.92 Å². The second-order valence-electron chi connectivity index (χ2n) is 4.33. The maximum atomic E-state index is 11.2. The molecule has 82 valence electrons. The highest BCUT2D eigenvalue weighted by Gasteiger charge is 2.23. The molecule has 0 bridgehead atoms. The first kappa shape index (κ1) is 11.5. The minimum absolute atomic E-state index is 0.000225. The van der Waals surface area contributed by atoms with Gasteiger partial charge < -0.3 is 9.84 Å². The molecule has 0 saturated heterocycles. The second kappa shape index (κ2) is 5.35. The van der Waals surface area contributed by atoms with Crippen molar-refractivity contribution >= 4 is 5.97 Å². The van der Waals surface area contributed by atoms with Gasteiger partial charge in [0.25, 0.3) is 0 Å². The van der Waals surface area contributed by atoms with Gasteiger partial charge in [-0.2, -0.15) is 0 Å². The predicted molar refractivity (Wildman–Crippen MR) is 53.8 cm³/mol. The Morgan fingerprint density at radius 3 is 2.50 bits per heavy atom. The molecule has 0 aromatic heterocycles. The summed E-state index contributed by atoms with van der Waals surface area (Å²) in [5.41, 5.74) is 0. The van der Waals surface area contributed by atoms with Crippen LogP contribution in [0.2, 0.25) is 0 Å². The molecule has 1 aliphatic rings. The van der Waals surface area contributed by atoms with E-state index in [-0.39, 0.29) is 18.0 Å². The third kappa shape index (κ3) is 3.29. The lowest BCUT2D eigenvalue weighted by atomic mass is 9.82. The van der Waals surface area contributed by atoms with E-state index < -0.39 is 0 Å². The van der Waals surface area contributed by atoms with Gasteiger partial charge in [-0.25, -0.2) is 0 Å². The van der Waals surface area contributed by atoms with E-state index in [2.05, 4.69) is 4.74 Å². The van der Waals surface area contributed by atoms with Crippen LogP contribution in [-0.2, 0) is 9.53 Å². The van der Waals surface area contributed by atoms with Crippen LogP contribution in [0.5, 0.6) is 0 Å². The molecule has 0 aromatic rings. The van der Waals surface area contributed by atoms with Crippen LogP contribution < -0.4 is 0 Å². The van der Waals surface area contributed by atoms with Crippen LogP contribution in [0.4, 0.5) is 0 Å². The average Bonchev–Trinajstić information content (AvgIpc) is 2.20. The molecule has 0 aromatic carbocycles. The van der Waals surface area contributed by atoms with Crippen molar-refractivity contribution in [2.24, 2.45) is 11.8 Å². The summed E-state index contributed by atoms with van der Waals surface area (Å²) in [6.45, 7) is 1.91. The zero-order valence-corrected chi connectivity index (χ0v) is 9.03. The number of carbonyl (C=O) groups is 1. The van der Waals surface area contributed by atoms with E-state index in [0.29, 0.717) is 5.92 Å². The summed E-state index contributed by atoms with van der Waals surface area (Å²) in [5, 5.41) is 9.32. The standard InChI is InChI=1S/C11H20O3/c1-8(11(13)14-2)7-9-3-5-10(12)6-4-9/h8-10,12H,3-7H2,1-2H3. The number of aliphatic hydroxyl groups excluding tert-OH is 1. The molecule has 0 aliphatic heterocycles. The topological polar surface area (TPSA) is 46.5 Å². The van der Waals surface area contributed by atoms with E-state index in [1.807, 2.05) is 6.92 Å². The number of carbonyl (C=O) groups excluding carboxylic acids is 1. The van der Waals surface area contributed by atoms with Crippen LogP contribution in [-0.4, -0.2) is 24.3 Å². The Hall–Kier alpha value is -0.570. The van der Waals surface area contributed by atoms with Crippen molar-refractivity contribution in [3.05, 3.63) is 0 Å². The molecule has 3 nitrogen and oxygen atoms in total. The first-order chi connectivity index (χ1) is 6.63. The fourth-order valence-corrected chi connectivity index (χ4v) is 2.18. The van der Waals surface area contributed by atoms with Crippen LogP contribution in [0.15, 0.2) is 0 Å². The number of ether oxygens (including phenoxy) is 1. The van der Waals surface area contributed by atoms with Gasteiger partial charge >= 0.3 is 5.97 Å². The van der Waals surface area contributed by atoms with Gasteiger partial charge in [-0.15, -0.1) is 0 Å². The normalized spacial score (nSPS) is 29.6. The van der Waals surface area contributed by atoms with Gasteiger partial charge in [-0.3, -0.25) is 4.79 Å². The van der Waals surface area contributed by atoms with E-state index in [1.165, 1.54) is 7.11 Å². The van der Waals surface area contributed by atoms with Crippen molar-refractivity contribution in [2.75, 3.05) is 7.11 Å². The first-order valence-corrected chi connectivity index (χ1v) is 5.39. The van der Waals surface area contributed by atoms with Gasteiger partial charge in [0.05, 0.1) is 19.1 Å². The lowest BCUT2D eigenvalue weighted by Gasteiger charge is -2.26. The summed E-state index contributed by atoms with van der Waals surface area (Å²) in [6, 6.07) is 0. The minimum atomic E-state index is -0.115. The highest BCUT2D eigenvalue weighted by Crippen LogP contribution is 2.29. The highest BCUT2D eigenvalue weighted by molar-refractivity contribution is 5.71. The molecular weight excluding hydrogens is 180 g/mol. The summed E-state index contributed by atoms with van der Waals surface area (Å²) in [6.07, 6.45) is 4.65. The van der Waals surface area contributed by atoms with E-state index >= 15 is 0 Å². The Balaban J connectivity index is 2.27. The molecule has 1 saturated carbocycles. The molecule has 14 heavy (non-hydrogen) atoms. The van der Waals surface area contributed by atoms with Crippen LogP contribution in [0, 0.1) is 11.8 Å². The van der Waals surface area contributed by atoms with Crippen LogP contribution in [0.25, 0.3) is 0 Å². The van der Waals surface area contributed by atoms with Crippen molar-refractivity contribution in [1.29, 1.82) is 0 Å². The monoisotopic (exact) mass is 200 g/mol. The number of aliphatic hydroxyl groups is 1. The molecule has 1 unspecified atom stereocenters. The number of hydrogen-bond donors (Lipinski definition) is 1. The van der Waals surface area contributed by atoms with Crippen molar-refractivity contribution in [3.8, 4) is 0 Å². The van der Waals surface area contributed by atoms with Crippen LogP contribution in [0.1, 0.15) is 39.0 Å². The smallest absolute Gasteiger partial charge is 0.308 e. The van der Waals surface area contributed by atoms with E-state index in [1.54, 1.807) is 0 Å². The van der Waals surface area contributed by atoms with Gasteiger partial charge in [-0.05, 0) is 38.0 Å². The van der Waals surface area contributed by atoms with Crippen molar-refractivity contribution in [2.45, 2.75) is 45.1 Å². The molecular formula is C11H20O3. The number of methoxy groups -OCH3 is 1. The van der Waals surface area contributed by atoms with E-state index in [9.17, 15) is 9.90 Å². The molecule has 1 rings (SSSR count). The van der Waals surface area contributed by atoms with Crippen molar-refractivity contribution < 1.29 is 14.6 Å². The fourth-order valence-electron chi connectivity index (χ4n) is 2.18.